The summed E-state index contributed by atoms with van der Waals surface area (Å²) in [5.74, 6) is 0.594. The van der Waals surface area contributed by atoms with Crippen molar-refractivity contribution in [2.75, 3.05) is 39.3 Å². The Morgan fingerprint density at radius 1 is 1.15 bits per heavy atom. The molecule has 0 bridgehead atoms. The van der Waals surface area contributed by atoms with Crippen molar-refractivity contribution in [1.29, 1.82) is 0 Å². The molecule has 0 spiro atoms. The zero-order valence-electron chi connectivity index (χ0n) is 15.8. The fourth-order valence-corrected chi connectivity index (χ4v) is 2.98. The number of hydrogen-bond donors (Lipinski definition) is 2. The number of hydrogen-bond acceptors (Lipinski definition) is 5. The molecule has 8 nitrogen and oxygen atoms in total. The molecule has 1 fully saturated rings. The number of Topliss-reactive ketones (excluding diaryl/α,β-unsaturated/α-hetero) is 1. The van der Waals surface area contributed by atoms with Gasteiger partial charge in [0.25, 0.3) is 0 Å². The van der Waals surface area contributed by atoms with Gasteiger partial charge in [-0.05, 0) is 44.5 Å². The van der Waals surface area contributed by atoms with E-state index in [1.54, 1.807) is 36.1 Å². The summed E-state index contributed by atoms with van der Waals surface area (Å²) in [5, 5.41) is 10.9. The number of nitrogens with one attached hydrogen (secondary N) is 1. The molecule has 2 rings (SSSR count). The van der Waals surface area contributed by atoms with Crippen molar-refractivity contribution in [3.63, 3.8) is 0 Å². The summed E-state index contributed by atoms with van der Waals surface area (Å²) in [6.07, 6.45) is -0.329. The minimum Gasteiger partial charge on any atom is -0.494 e. The molecule has 1 aliphatic rings. The Kier molecular flexibility index (Phi) is 7.60. The molecule has 1 aromatic carbocycles. The highest BCUT2D eigenvalue weighted by atomic mass is 16.5. The van der Waals surface area contributed by atoms with Gasteiger partial charge in [0.05, 0.1) is 6.61 Å². The van der Waals surface area contributed by atoms with Crippen molar-refractivity contribution in [2.24, 2.45) is 0 Å². The summed E-state index contributed by atoms with van der Waals surface area (Å²) >= 11 is 0. The SMILES string of the molecule is CC(=O)c1ccc(OCCCN2CCN(C(=O)[C@@H](C)NC(=O)O)CC2)cc1. The average molecular weight is 377 g/mol. The molecule has 0 saturated carbocycles. The first kappa shape index (κ1) is 20.7. The van der Waals surface area contributed by atoms with Crippen molar-refractivity contribution in [2.45, 2.75) is 26.3 Å². The molecule has 1 atom stereocenters. The van der Waals surface area contributed by atoms with Gasteiger partial charge in [0, 0.05) is 38.3 Å². The predicted molar refractivity (Wildman–Crippen MR) is 100 cm³/mol. The third kappa shape index (κ3) is 6.56. The minimum absolute atomic E-state index is 0.0345. The Bertz CT molecular complexity index is 654. The second-order valence-corrected chi connectivity index (χ2v) is 6.62. The van der Waals surface area contributed by atoms with E-state index >= 15 is 0 Å². The van der Waals surface area contributed by atoms with Crippen LogP contribution in [0.3, 0.4) is 0 Å². The number of amides is 2. The van der Waals surface area contributed by atoms with Crippen LogP contribution in [0, 0.1) is 0 Å². The summed E-state index contributed by atoms with van der Waals surface area (Å²) in [7, 11) is 0. The first-order valence-corrected chi connectivity index (χ1v) is 9.11. The van der Waals surface area contributed by atoms with Crippen molar-refractivity contribution in [1.82, 2.24) is 15.1 Å². The summed E-state index contributed by atoms with van der Waals surface area (Å²) < 4.78 is 5.69. The van der Waals surface area contributed by atoms with E-state index in [0.717, 1.165) is 31.8 Å². The van der Waals surface area contributed by atoms with Crippen LogP contribution in [0.25, 0.3) is 0 Å². The normalized spacial score (nSPS) is 15.9. The number of rotatable bonds is 8. The number of piperazine rings is 1. The van der Waals surface area contributed by atoms with Crippen LogP contribution in [0.4, 0.5) is 4.79 Å². The van der Waals surface area contributed by atoms with Gasteiger partial charge in [-0.25, -0.2) is 4.79 Å². The standard InChI is InChI=1S/C19H27N3O5/c1-14(20-19(25)26)18(24)22-11-9-21(10-12-22)8-3-13-27-17-6-4-16(5-7-17)15(2)23/h4-7,14,20H,3,8-13H2,1-2H3,(H,25,26)/t14-/m1/s1. The maximum atomic E-state index is 12.2. The Hall–Kier alpha value is -2.61. The molecule has 0 unspecified atom stereocenters. The maximum Gasteiger partial charge on any atom is 0.405 e. The third-order valence-corrected chi connectivity index (χ3v) is 4.54. The Balaban J connectivity index is 1.64. The van der Waals surface area contributed by atoms with Gasteiger partial charge < -0.3 is 20.1 Å². The molecule has 1 aromatic rings. The first-order chi connectivity index (χ1) is 12.9. The lowest BCUT2D eigenvalue weighted by molar-refractivity contribution is -0.134. The molecule has 148 valence electrons. The molecule has 2 N–H and O–H groups in total. The Labute approximate surface area is 159 Å². The van der Waals surface area contributed by atoms with Crippen molar-refractivity contribution in [3.8, 4) is 5.75 Å². The molecule has 8 heteroatoms. The van der Waals surface area contributed by atoms with Gasteiger partial charge in [0.2, 0.25) is 5.91 Å². The van der Waals surface area contributed by atoms with Crippen molar-refractivity contribution in [3.05, 3.63) is 29.8 Å². The van der Waals surface area contributed by atoms with Gasteiger partial charge in [0.15, 0.2) is 5.78 Å². The van der Waals surface area contributed by atoms with E-state index in [0.29, 0.717) is 25.3 Å². The smallest absolute Gasteiger partial charge is 0.405 e. The van der Waals surface area contributed by atoms with Gasteiger partial charge in [0.1, 0.15) is 11.8 Å². The van der Waals surface area contributed by atoms with Crippen LogP contribution in [0.15, 0.2) is 24.3 Å². The zero-order chi connectivity index (χ0) is 19.8. The summed E-state index contributed by atoms with van der Waals surface area (Å²) in [6.45, 7) is 7.26. The van der Waals surface area contributed by atoms with Crippen LogP contribution in [-0.2, 0) is 4.79 Å². The lowest BCUT2D eigenvalue weighted by Crippen LogP contribution is -2.54. The molecule has 2 amide bonds. The minimum atomic E-state index is -1.19. The Morgan fingerprint density at radius 2 is 1.78 bits per heavy atom. The average Bonchev–Trinajstić information content (AvgIpc) is 2.65. The van der Waals surface area contributed by atoms with Crippen LogP contribution in [-0.4, -0.2) is 78.1 Å². The number of benzene rings is 1. The molecule has 0 aliphatic carbocycles. The number of nitrogens with zero attached hydrogens (tertiary/aromatic N) is 2. The first-order valence-electron chi connectivity index (χ1n) is 9.11. The third-order valence-electron chi connectivity index (χ3n) is 4.54. The molecule has 27 heavy (non-hydrogen) atoms. The second kappa shape index (κ2) is 9.91. The molecular weight excluding hydrogens is 350 g/mol. The van der Waals surface area contributed by atoms with Crippen LogP contribution in [0.2, 0.25) is 0 Å². The van der Waals surface area contributed by atoms with Crippen molar-refractivity contribution >= 4 is 17.8 Å². The van der Waals surface area contributed by atoms with Crippen LogP contribution in [0.1, 0.15) is 30.6 Å². The van der Waals surface area contributed by atoms with E-state index in [9.17, 15) is 14.4 Å². The highest BCUT2D eigenvalue weighted by Crippen LogP contribution is 2.13. The number of carboxylic acid groups (broad SMARTS) is 1. The summed E-state index contributed by atoms with van der Waals surface area (Å²) in [6, 6.07) is 6.39. The second-order valence-electron chi connectivity index (χ2n) is 6.62. The Morgan fingerprint density at radius 3 is 2.33 bits per heavy atom. The van der Waals surface area contributed by atoms with Crippen molar-refractivity contribution < 1.29 is 24.2 Å². The number of ketones is 1. The quantitative estimate of drug-likeness (QED) is 0.526. The van der Waals surface area contributed by atoms with Gasteiger partial charge in [-0.2, -0.15) is 0 Å². The van der Waals surface area contributed by atoms with Gasteiger partial charge in [-0.3, -0.25) is 14.5 Å². The fraction of sp³-hybridized carbons (Fsp3) is 0.526. The summed E-state index contributed by atoms with van der Waals surface area (Å²) in [5.41, 5.74) is 0.669. The van der Waals surface area contributed by atoms with Crippen LogP contribution >= 0.6 is 0 Å². The lowest BCUT2D eigenvalue weighted by Gasteiger charge is -2.35. The fourth-order valence-electron chi connectivity index (χ4n) is 2.98. The monoisotopic (exact) mass is 377 g/mol. The topological polar surface area (TPSA) is 99.2 Å². The maximum absolute atomic E-state index is 12.2. The van der Waals surface area contributed by atoms with E-state index in [1.165, 1.54) is 6.92 Å². The molecule has 0 radical (unpaired) electrons. The zero-order valence-corrected chi connectivity index (χ0v) is 15.8. The largest absolute Gasteiger partial charge is 0.494 e. The van der Waals surface area contributed by atoms with E-state index in [-0.39, 0.29) is 11.7 Å². The van der Waals surface area contributed by atoms with Gasteiger partial charge in [-0.1, -0.05) is 0 Å². The molecule has 1 aliphatic heterocycles. The van der Waals surface area contributed by atoms with Gasteiger partial charge in [-0.15, -0.1) is 0 Å². The molecule has 0 aromatic heterocycles. The van der Waals surface area contributed by atoms with E-state index in [4.69, 9.17) is 9.84 Å². The molecule has 1 saturated heterocycles. The van der Waals surface area contributed by atoms with Crippen LogP contribution < -0.4 is 10.1 Å². The van der Waals surface area contributed by atoms with Crippen LogP contribution in [0.5, 0.6) is 5.75 Å². The van der Waals surface area contributed by atoms with E-state index in [1.807, 2.05) is 0 Å². The highest BCUT2D eigenvalue weighted by molar-refractivity contribution is 5.94. The lowest BCUT2D eigenvalue weighted by atomic mass is 10.1. The summed E-state index contributed by atoms with van der Waals surface area (Å²) in [4.78, 5) is 38.0. The van der Waals surface area contributed by atoms with Gasteiger partial charge >= 0.3 is 6.09 Å². The van der Waals surface area contributed by atoms with E-state index in [2.05, 4.69) is 10.2 Å². The molecular formula is C19H27N3O5. The molecule has 1 heterocycles. The van der Waals surface area contributed by atoms with E-state index < -0.39 is 12.1 Å². The number of carbonyl (C=O) groups is 3. The number of ether oxygens (including phenoxy) is 1. The number of carbonyl (C=O) groups excluding carboxylic acids is 2. The highest BCUT2D eigenvalue weighted by Gasteiger charge is 2.25. The predicted octanol–water partition coefficient (Wildman–Crippen LogP) is 1.46.